The molecule has 142 valence electrons. The molecule has 2 N–H and O–H groups in total. The van der Waals surface area contributed by atoms with Crippen LogP contribution in [-0.4, -0.2) is 29.8 Å². The predicted octanol–water partition coefficient (Wildman–Crippen LogP) is 4.41. The van der Waals surface area contributed by atoms with Crippen LogP contribution < -0.4 is 14.8 Å². The van der Waals surface area contributed by atoms with Crippen molar-refractivity contribution >= 4 is 21.8 Å². The zero-order valence-corrected chi connectivity index (χ0v) is 17.3. The van der Waals surface area contributed by atoms with Crippen molar-refractivity contribution in [3.05, 3.63) is 39.6 Å². The molecule has 2 aromatic rings. The molecular weight excluding hydrogens is 398 g/mol. The standard InChI is InChI=1S/C19H26BrN3O3/c1-5-6-9-26-14-8-7-13(10-15(14)25-4)11-21-19(24)18-16(20)17(12(2)3)22-23-18/h7-8,10,12H,5-6,9,11H2,1-4H3,(H,21,24)(H,22,23). The lowest BCUT2D eigenvalue weighted by atomic mass is 10.1. The van der Waals surface area contributed by atoms with Crippen LogP contribution in [0.25, 0.3) is 0 Å². The van der Waals surface area contributed by atoms with Crippen molar-refractivity contribution in [2.24, 2.45) is 0 Å². The summed E-state index contributed by atoms with van der Waals surface area (Å²) in [5.74, 6) is 1.40. The monoisotopic (exact) mass is 423 g/mol. The number of aromatic nitrogens is 2. The Morgan fingerprint density at radius 2 is 2.12 bits per heavy atom. The van der Waals surface area contributed by atoms with E-state index >= 15 is 0 Å². The van der Waals surface area contributed by atoms with Gasteiger partial charge in [0.15, 0.2) is 17.2 Å². The Morgan fingerprint density at radius 1 is 1.35 bits per heavy atom. The lowest BCUT2D eigenvalue weighted by Crippen LogP contribution is -2.23. The smallest absolute Gasteiger partial charge is 0.273 e. The molecule has 1 aromatic carbocycles. The molecule has 0 saturated heterocycles. The predicted molar refractivity (Wildman–Crippen MR) is 105 cm³/mol. The minimum Gasteiger partial charge on any atom is -0.493 e. The first-order valence-electron chi connectivity index (χ1n) is 8.79. The summed E-state index contributed by atoms with van der Waals surface area (Å²) in [7, 11) is 1.61. The maximum atomic E-state index is 12.4. The number of carbonyl (C=O) groups excluding carboxylic acids is 1. The minimum atomic E-state index is -0.234. The molecule has 0 radical (unpaired) electrons. The normalized spacial score (nSPS) is 10.8. The fourth-order valence-electron chi connectivity index (χ4n) is 2.41. The Kier molecular flexibility index (Phi) is 7.50. The SMILES string of the molecule is CCCCOc1ccc(CNC(=O)c2n[nH]c(C(C)C)c2Br)cc1OC. The third-order valence-corrected chi connectivity index (χ3v) is 4.76. The van der Waals surface area contributed by atoms with Crippen molar-refractivity contribution in [3.63, 3.8) is 0 Å². The van der Waals surface area contributed by atoms with Crippen LogP contribution in [0.4, 0.5) is 0 Å². The number of nitrogens with zero attached hydrogens (tertiary/aromatic N) is 1. The molecule has 0 aliphatic rings. The molecule has 1 amide bonds. The van der Waals surface area contributed by atoms with Gasteiger partial charge < -0.3 is 14.8 Å². The van der Waals surface area contributed by atoms with E-state index in [1.54, 1.807) is 7.11 Å². The molecule has 7 heteroatoms. The van der Waals surface area contributed by atoms with Crippen LogP contribution in [0.3, 0.4) is 0 Å². The van der Waals surface area contributed by atoms with Crippen LogP contribution in [0.5, 0.6) is 11.5 Å². The molecule has 1 aromatic heterocycles. The molecular formula is C19H26BrN3O3. The highest BCUT2D eigenvalue weighted by Gasteiger charge is 2.19. The molecule has 0 atom stereocenters. The summed E-state index contributed by atoms with van der Waals surface area (Å²) in [5.41, 5.74) is 2.19. The van der Waals surface area contributed by atoms with Gasteiger partial charge in [-0.1, -0.05) is 33.3 Å². The Morgan fingerprint density at radius 3 is 2.73 bits per heavy atom. The molecule has 1 heterocycles. The van der Waals surface area contributed by atoms with Gasteiger partial charge in [-0.25, -0.2) is 0 Å². The second-order valence-electron chi connectivity index (χ2n) is 6.32. The summed E-state index contributed by atoms with van der Waals surface area (Å²) in [5, 5.41) is 9.90. The molecule has 6 nitrogen and oxygen atoms in total. The number of carbonyl (C=O) groups is 1. The molecule has 0 bridgehead atoms. The van der Waals surface area contributed by atoms with E-state index in [4.69, 9.17) is 9.47 Å². The average Bonchev–Trinajstić information content (AvgIpc) is 3.02. The van der Waals surface area contributed by atoms with E-state index < -0.39 is 0 Å². The van der Waals surface area contributed by atoms with Gasteiger partial charge in [-0.05, 0) is 46.0 Å². The van der Waals surface area contributed by atoms with Crippen LogP contribution in [-0.2, 0) is 6.54 Å². The van der Waals surface area contributed by atoms with Gasteiger partial charge in [0.1, 0.15) is 0 Å². The van der Waals surface area contributed by atoms with E-state index in [9.17, 15) is 4.79 Å². The highest BCUT2D eigenvalue weighted by molar-refractivity contribution is 9.10. The molecule has 0 spiro atoms. The number of hydrogen-bond donors (Lipinski definition) is 2. The van der Waals surface area contributed by atoms with Gasteiger partial charge in [0.2, 0.25) is 0 Å². The zero-order valence-electron chi connectivity index (χ0n) is 15.7. The molecule has 0 aliphatic carbocycles. The van der Waals surface area contributed by atoms with E-state index in [-0.39, 0.29) is 11.8 Å². The third-order valence-electron chi connectivity index (χ3n) is 3.96. The second-order valence-corrected chi connectivity index (χ2v) is 7.12. The van der Waals surface area contributed by atoms with Gasteiger partial charge in [-0.15, -0.1) is 0 Å². The fourth-order valence-corrected chi connectivity index (χ4v) is 3.22. The van der Waals surface area contributed by atoms with E-state index in [0.29, 0.717) is 34.8 Å². The van der Waals surface area contributed by atoms with Gasteiger partial charge in [-0.3, -0.25) is 9.89 Å². The van der Waals surface area contributed by atoms with E-state index in [1.807, 2.05) is 32.0 Å². The first-order valence-corrected chi connectivity index (χ1v) is 9.58. The zero-order chi connectivity index (χ0) is 19.1. The van der Waals surface area contributed by atoms with Crippen LogP contribution in [0.15, 0.2) is 22.7 Å². The molecule has 0 aliphatic heterocycles. The Hall–Kier alpha value is -2.02. The Bertz CT molecular complexity index is 744. The summed E-state index contributed by atoms with van der Waals surface area (Å²) in [6.07, 6.45) is 2.07. The Balaban J connectivity index is 2.01. The average molecular weight is 424 g/mol. The minimum absolute atomic E-state index is 0.234. The lowest BCUT2D eigenvalue weighted by molar-refractivity contribution is 0.0945. The maximum absolute atomic E-state index is 12.4. The number of rotatable bonds is 9. The number of halogens is 1. The van der Waals surface area contributed by atoms with E-state index in [1.165, 1.54) is 0 Å². The first kappa shape index (κ1) is 20.3. The highest BCUT2D eigenvalue weighted by atomic mass is 79.9. The van der Waals surface area contributed by atoms with Gasteiger partial charge in [0.05, 0.1) is 23.9 Å². The number of benzene rings is 1. The second kappa shape index (κ2) is 9.62. The maximum Gasteiger partial charge on any atom is 0.273 e. The summed E-state index contributed by atoms with van der Waals surface area (Å²) in [6, 6.07) is 5.67. The summed E-state index contributed by atoms with van der Waals surface area (Å²) < 4.78 is 11.8. The van der Waals surface area contributed by atoms with Crippen molar-refractivity contribution in [2.75, 3.05) is 13.7 Å². The molecule has 26 heavy (non-hydrogen) atoms. The fraction of sp³-hybridized carbons (Fsp3) is 0.474. The summed E-state index contributed by atoms with van der Waals surface area (Å²) in [6.45, 7) is 7.23. The number of aromatic amines is 1. The number of methoxy groups -OCH3 is 1. The van der Waals surface area contributed by atoms with Crippen LogP contribution in [0.1, 0.15) is 61.3 Å². The molecule has 2 rings (SSSR count). The quantitative estimate of drug-likeness (QED) is 0.585. The van der Waals surface area contributed by atoms with Gasteiger partial charge >= 0.3 is 0 Å². The summed E-state index contributed by atoms with van der Waals surface area (Å²) in [4.78, 5) is 12.4. The summed E-state index contributed by atoms with van der Waals surface area (Å²) >= 11 is 3.45. The van der Waals surface area contributed by atoms with Crippen molar-refractivity contribution < 1.29 is 14.3 Å². The molecule has 0 unspecified atom stereocenters. The topological polar surface area (TPSA) is 76.2 Å². The largest absolute Gasteiger partial charge is 0.493 e. The number of unbranched alkanes of at least 4 members (excludes halogenated alkanes) is 1. The number of H-pyrrole nitrogens is 1. The number of amides is 1. The van der Waals surface area contributed by atoms with Gasteiger partial charge in [0, 0.05) is 6.54 Å². The van der Waals surface area contributed by atoms with Gasteiger partial charge in [0.25, 0.3) is 5.91 Å². The van der Waals surface area contributed by atoms with Crippen molar-refractivity contribution in [2.45, 2.75) is 46.1 Å². The highest BCUT2D eigenvalue weighted by Crippen LogP contribution is 2.29. The number of hydrogen-bond acceptors (Lipinski definition) is 4. The van der Waals surface area contributed by atoms with Crippen molar-refractivity contribution in [3.8, 4) is 11.5 Å². The van der Waals surface area contributed by atoms with Crippen LogP contribution >= 0.6 is 15.9 Å². The Labute approximate surface area is 162 Å². The van der Waals surface area contributed by atoms with Crippen molar-refractivity contribution in [1.82, 2.24) is 15.5 Å². The van der Waals surface area contributed by atoms with E-state index in [0.717, 1.165) is 24.1 Å². The van der Waals surface area contributed by atoms with Crippen LogP contribution in [0.2, 0.25) is 0 Å². The third kappa shape index (κ3) is 5.00. The first-order chi connectivity index (χ1) is 12.5. The number of ether oxygens (including phenoxy) is 2. The van der Waals surface area contributed by atoms with Gasteiger partial charge in [-0.2, -0.15) is 5.10 Å². The molecule has 0 fully saturated rings. The van der Waals surface area contributed by atoms with Crippen LogP contribution in [0, 0.1) is 0 Å². The van der Waals surface area contributed by atoms with Crippen molar-refractivity contribution in [1.29, 1.82) is 0 Å². The number of nitrogens with one attached hydrogen (secondary N) is 2. The lowest BCUT2D eigenvalue weighted by Gasteiger charge is -2.12. The molecule has 0 saturated carbocycles. The van der Waals surface area contributed by atoms with E-state index in [2.05, 4.69) is 38.4 Å².